The molecule has 2 nitrogen and oxygen atoms in total. The molecule has 0 fully saturated rings. The molecule has 7 aromatic rings. The van der Waals surface area contributed by atoms with Crippen LogP contribution in [0, 0.1) is 13.8 Å². The first-order valence-corrected chi connectivity index (χ1v) is 19.0. The molecule has 0 bridgehead atoms. The van der Waals surface area contributed by atoms with Gasteiger partial charge in [-0.25, -0.2) is 0 Å². The van der Waals surface area contributed by atoms with Crippen LogP contribution in [-0.2, 0) is 36.5 Å². The molecule has 0 saturated carbocycles. The summed E-state index contributed by atoms with van der Waals surface area (Å²) in [5.74, 6) is 0. The minimum Gasteiger partial charge on any atom is -0.309 e. The number of hydrogen-bond donors (Lipinski definition) is 0. The lowest BCUT2D eigenvalue weighted by Gasteiger charge is -2.25. The minimum absolute atomic E-state index is 0.0932. The summed E-state index contributed by atoms with van der Waals surface area (Å²) in [5, 5.41) is 5.30. The Morgan fingerprint density at radius 1 is 0.400 bits per heavy atom. The van der Waals surface area contributed by atoms with E-state index in [4.69, 9.17) is 0 Å². The number of nitrogens with zero attached hydrogens (tertiary/aromatic N) is 2. The van der Waals surface area contributed by atoms with Crippen LogP contribution in [0.3, 0.4) is 0 Å². The van der Waals surface area contributed by atoms with Crippen molar-refractivity contribution in [1.29, 1.82) is 0 Å². The van der Waals surface area contributed by atoms with Gasteiger partial charge in [-0.3, -0.25) is 0 Å². The summed E-state index contributed by atoms with van der Waals surface area (Å²) in [5.41, 5.74) is 19.2. The van der Waals surface area contributed by atoms with Crippen LogP contribution in [0.25, 0.3) is 55.0 Å². The highest BCUT2D eigenvalue weighted by Gasteiger charge is 2.25. The molecule has 0 unspecified atom stereocenters. The summed E-state index contributed by atoms with van der Waals surface area (Å²) in [6.45, 7) is 27.7. The molecule has 0 aliphatic carbocycles. The molecule has 0 aliphatic heterocycles. The molecule has 0 aliphatic rings. The van der Waals surface area contributed by atoms with Crippen molar-refractivity contribution in [2.75, 3.05) is 0 Å². The van der Waals surface area contributed by atoms with Crippen LogP contribution in [0.15, 0.2) is 72.8 Å². The zero-order valence-electron chi connectivity index (χ0n) is 32.7. The molecule has 0 saturated heterocycles. The summed E-state index contributed by atoms with van der Waals surface area (Å²) >= 11 is 0. The highest BCUT2D eigenvalue weighted by molar-refractivity contribution is 6.19. The molecule has 0 spiro atoms. The first-order valence-electron chi connectivity index (χ1n) is 19.0. The Balaban J connectivity index is 1.67. The van der Waals surface area contributed by atoms with Gasteiger partial charge in [0.05, 0.1) is 33.4 Å². The van der Waals surface area contributed by atoms with Crippen molar-refractivity contribution in [3.63, 3.8) is 0 Å². The van der Waals surface area contributed by atoms with Gasteiger partial charge in [-0.15, -0.1) is 0 Å². The number of aryl methyl sites for hydroxylation is 6. The Bertz CT molecular complexity index is 2220. The maximum absolute atomic E-state index is 2.61. The maximum atomic E-state index is 2.61. The van der Waals surface area contributed by atoms with Crippen LogP contribution in [-0.4, -0.2) is 9.13 Å². The van der Waals surface area contributed by atoms with Gasteiger partial charge in [0.25, 0.3) is 0 Å². The van der Waals surface area contributed by atoms with Crippen LogP contribution in [0.4, 0.5) is 0 Å². The van der Waals surface area contributed by atoms with Crippen molar-refractivity contribution in [2.24, 2.45) is 0 Å². The van der Waals surface area contributed by atoms with Crippen molar-refractivity contribution < 1.29 is 0 Å². The third-order valence-corrected chi connectivity index (χ3v) is 11.2. The fraction of sp³-hybridized carbons (Fsp3) is 0.375. The summed E-state index contributed by atoms with van der Waals surface area (Å²) in [4.78, 5) is 0. The number of benzene rings is 5. The van der Waals surface area contributed by atoms with Crippen molar-refractivity contribution in [1.82, 2.24) is 9.13 Å². The Morgan fingerprint density at radius 3 is 0.980 bits per heavy atom. The smallest absolute Gasteiger partial charge is 0.0549 e. The summed E-state index contributed by atoms with van der Waals surface area (Å²) in [6, 6.07) is 29.1. The highest BCUT2D eigenvalue weighted by atomic mass is 15.0. The van der Waals surface area contributed by atoms with E-state index in [1.165, 1.54) is 99.5 Å². The van der Waals surface area contributed by atoms with E-state index in [-0.39, 0.29) is 10.8 Å². The highest BCUT2D eigenvalue weighted by Crippen LogP contribution is 2.43. The average Bonchev–Trinajstić information content (AvgIpc) is 3.55. The monoisotopic (exact) mass is 660 g/mol. The van der Waals surface area contributed by atoms with Gasteiger partial charge < -0.3 is 9.13 Å². The van der Waals surface area contributed by atoms with Gasteiger partial charge in [0, 0.05) is 21.5 Å². The van der Waals surface area contributed by atoms with Crippen molar-refractivity contribution in [3.8, 4) is 11.4 Å². The largest absolute Gasteiger partial charge is 0.309 e. The lowest BCUT2D eigenvalue weighted by atomic mass is 9.83. The number of rotatable bonds is 6. The van der Waals surface area contributed by atoms with Gasteiger partial charge in [-0.05, 0) is 120 Å². The zero-order valence-corrected chi connectivity index (χ0v) is 32.7. The van der Waals surface area contributed by atoms with E-state index in [2.05, 4.69) is 165 Å². The average molecular weight is 661 g/mol. The van der Waals surface area contributed by atoms with Gasteiger partial charge in [-0.2, -0.15) is 0 Å². The fourth-order valence-electron chi connectivity index (χ4n) is 8.28. The third kappa shape index (κ3) is 5.38. The normalized spacial score (nSPS) is 12.7. The molecule has 0 amide bonds. The molecule has 2 heterocycles. The molecule has 7 rings (SSSR count). The molecule has 0 N–H and O–H groups in total. The van der Waals surface area contributed by atoms with Crippen LogP contribution in [0.1, 0.15) is 114 Å². The van der Waals surface area contributed by atoms with Gasteiger partial charge in [-0.1, -0.05) is 117 Å². The van der Waals surface area contributed by atoms with E-state index in [0.29, 0.717) is 0 Å². The van der Waals surface area contributed by atoms with E-state index >= 15 is 0 Å². The summed E-state index contributed by atoms with van der Waals surface area (Å²) < 4.78 is 5.22. The quantitative estimate of drug-likeness (QED) is 0.168. The minimum atomic E-state index is 0.0932. The van der Waals surface area contributed by atoms with E-state index in [1.54, 1.807) is 0 Å². The van der Waals surface area contributed by atoms with E-state index < -0.39 is 0 Å². The molecular formula is C48H56N2. The molecule has 50 heavy (non-hydrogen) atoms. The molecule has 258 valence electrons. The molecule has 2 aromatic heterocycles. The van der Waals surface area contributed by atoms with Crippen molar-refractivity contribution in [3.05, 3.63) is 117 Å². The lowest BCUT2D eigenvalue weighted by molar-refractivity contribution is 0.588. The number of fused-ring (bicyclic) bond motifs is 6. The SMILES string of the molecule is CCc1cc(C(C)(C)C)cc(CC)c1-n1c2ccc(C)cc2c2cc3c(cc21)c1cc(C)ccc1n3-c1c(CC)cc(C(C)(C)C)cc1CC. The maximum Gasteiger partial charge on any atom is 0.0549 e. The van der Waals surface area contributed by atoms with E-state index in [9.17, 15) is 0 Å². The standard InChI is InChI=1S/C48H56N2/c1-13-31-23-35(47(7,8)9)24-32(14-2)45(31)49-41-19-17-29(5)21-37(41)39-28-44-40(27-43(39)49)38-22-30(6)18-20-42(38)50(44)46-33(15-3)25-36(48(10,11)12)26-34(46)16-4/h17-28H,13-16H2,1-12H3. The van der Waals surface area contributed by atoms with Crippen LogP contribution >= 0.6 is 0 Å². The van der Waals surface area contributed by atoms with Crippen LogP contribution in [0.2, 0.25) is 0 Å². The Morgan fingerprint density at radius 2 is 0.700 bits per heavy atom. The first kappa shape index (κ1) is 34.2. The second-order valence-corrected chi connectivity index (χ2v) is 16.8. The van der Waals surface area contributed by atoms with Gasteiger partial charge in [0.15, 0.2) is 0 Å². The van der Waals surface area contributed by atoms with E-state index in [1.807, 2.05) is 0 Å². The Hall–Kier alpha value is -4.30. The number of hydrogen-bond acceptors (Lipinski definition) is 0. The number of aromatic nitrogens is 2. The van der Waals surface area contributed by atoms with Gasteiger partial charge in [0.2, 0.25) is 0 Å². The third-order valence-electron chi connectivity index (χ3n) is 11.2. The topological polar surface area (TPSA) is 9.86 Å². The fourth-order valence-corrected chi connectivity index (χ4v) is 8.28. The second-order valence-electron chi connectivity index (χ2n) is 16.8. The van der Waals surface area contributed by atoms with E-state index in [0.717, 1.165) is 25.7 Å². The van der Waals surface area contributed by atoms with Gasteiger partial charge in [0.1, 0.15) is 0 Å². The summed E-state index contributed by atoms with van der Waals surface area (Å²) in [7, 11) is 0. The van der Waals surface area contributed by atoms with Crippen LogP contribution in [0.5, 0.6) is 0 Å². The predicted molar refractivity (Wildman–Crippen MR) is 220 cm³/mol. The molecule has 2 heteroatoms. The lowest BCUT2D eigenvalue weighted by Crippen LogP contribution is -2.14. The predicted octanol–water partition coefficient (Wildman–Crippen LogP) is 13.3. The van der Waals surface area contributed by atoms with Crippen LogP contribution < -0.4 is 0 Å². The zero-order chi connectivity index (χ0) is 35.9. The van der Waals surface area contributed by atoms with Gasteiger partial charge >= 0.3 is 0 Å². The Kier molecular flexibility index (Phi) is 8.33. The molecule has 0 radical (unpaired) electrons. The Labute approximate surface area is 300 Å². The first-order chi connectivity index (χ1) is 23.7. The molecule has 0 atom stereocenters. The summed E-state index contributed by atoms with van der Waals surface area (Å²) in [6.07, 6.45) is 3.96. The van der Waals surface area contributed by atoms with Crippen molar-refractivity contribution >= 4 is 43.6 Å². The second kappa shape index (κ2) is 12.2. The molecular weight excluding hydrogens is 605 g/mol. The molecule has 5 aromatic carbocycles. The van der Waals surface area contributed by atoms with Crippen molar-refractivity contribution in [2.45, 2.75) is 120 Å².